The van der Waals surface area contributed by atoms with E-state index in [4.69, 9.17) is 11.6 Å². The maximum atomic E-state index is 12.5. The van der Waals surface area contributed by atoms with Crippen LogP contribution in [0.1, 0.15) is 16.8 Å². The number of nitrogens with one attached hydrogen (secondary N) is 1. The van der Waals surface area contributed by atoms with Gasteiger partial charge in [-0.2, -0.15) is 5.10 Å². The molecular formula is C13H16ClN3O3S. The van der Waals surface area contributed by atoms with Gasteiger partial charge in [0, 0.05) is 7.05 Å². The van der Waals surface area contributed by atoms with E-state index in [1.165, 1.54) is 4.68 Å². The lowest BCUT2D eigenvalue weighted by Gasteiger charge is -2.12. The number of benzene rings is 1. The molecule has 0 spiro atoms. The van der Waals surface area contributed by atoms with Gasteiger partial charge in [0.1, 0.15) is 15.8 Å². The van der Waals surface area contributed by atoms with Crippen LogP contribution in [0.25, 0.3) is 0 Å². The van der Waals surface area contributed by atoms with E-state index in [0.717, 1.165) is 5.56 Å². The molecule has 0 fully saturated rings. The average molecular weight is 330 g/mol. The molecule has 1 aromatic heterocycles. The van der Waals surface area contributed by atoms with Crippen molar-refractivity contribution in [1.82, 2.24) is 9.78 Å². The van der Waals surface area contributed by atoms with Crippen molar-refractivity contribution in [2.24, 2.45) is 7.05 Å². The van der Waals surface area contributed by atoms with Crippen LogP contribution in [0.15, 0.2) is 17.0 Å². The first-order chi connectivity index (χ1) is 9.63. The minimum atomic E-state index is -3.94. The van der Waals surface area contributed by atoms with Crippen LogP contribution in [0.5, 0.6) is 5.75 Å². The van der Waals surface area contributed by atoms with Gasteiger partial charge in [0.2, 0.25) is 0 Å². The summed E-state index contributed by atoms with van der Waals surface area (Å²) in [5.74, 6) is -0.109. The summed E-state index contributed by atoms with van der Waals surface area (Å²) in [6.45, 7) is 5.07. The van der Waals surface area contributed by atoms with Crippen molar-refractivity contribution in [2.75, 3.05) is 4.72 Å². The summed E-state index contributed by atoms with van der Waals surface area (Å²) in [5, 5.41) is 14.0. The van der Waals surface area contributed by atoms with E-state index in [1.54, 1.807) is 33.0 Å². The normalized spacial score (nSPS) is 11.7. The Morgan fingerprint density at radius 2 is 1.90 bits per heavy atom. The van der Waals surface area contributed by atoms with Crippen molar-refractivity contribution >= 4 is 27.3 Å². The van der Waals surface area contributed by atoms with Crippen LogP contribution in [-0.4, -0.2) is 23.3 Å². The molecule has 0 radical (unpaired) electrons. The van der Waals surface area contributed by atoms with Gasteiger partial charge >= 0.3 is 0 Å². The average Bonchev–Trinajstić information content (AvgIpc) is 2.59. The zero-order valence-corrected chi connectivity index (χ0v) is 13.7. The summed E-state index contributed by atoms with van der Waals surface area (Å²) in [6.07, 6.45) is 0. The topological polar surface area (TPSA) is 84.2 Å². The lowest BCUT2D eigenvalue weighted by molar-refractivity contribution is 0.473. The number of aryl methyl sites for hydroxylation is 4. The molecule has 6 nitrogen and oxygen atoms in total. The first-order valence-electron chi connectivity index (χ1n) is 6.15. The predicted molar refractivity (Wildman–Crippen MR) is 81.3 cm³/mol. The van der Waals surface area contributed by atoms with Crippen molar-refractivity contribution in [2.45, 2.75) is 25.7 Å². The van der Waals surface area contributed by atoms with Gasteiger partial charge in [0.25, 0.3) is 10.0 Å². The fourth-order valence-electron chi connectivity index (χ4n) is 2.15. The maximum absolute atomic E-state index is 12.5. The van der Waals surface area contributed by atoms with Crippen molar-refractivity contribution in [3.63, 3.8) is 0 Å². The highest BCUT2D eigenvalue weighted by atomic mass is 35.5. The number of aromatic nitrogens is 2. The zero-order valence-electron chi connectivity index (χ0n) is 12.1. The quantitative estimate of drug-likeness (QED) is 0.847. The molecule has 0 atom stereocenters. The molecule has 1 aromatic carbocycles. The molecule has 0 saturated heterocycles. The van der Waals surface area contributed by atoms with Gasteiger partial charge in [-0.3, -0.25) is 9.40 Å². The van der Waals surface area contributed by atoms with E-state index < -0.39 is 10.0 Å². The molecule has 0 amide bonds. The molecule has 8 heteroatoms. The predicted octanol–water partition coefficient (Wildman–Crippen LogP) is 2.51. The van der Waals surface area contributed by atoms with Crippen LogP contribution in [0.3, 0.4) is 0 Å². The van der Waals surface area contributed by atoms with E-state index in [2.05, 4.69) is 9.82 Å². The monoisotopic (exact) mass is 329 g/mol. The minimum absolute atomic E-state index is 0.0175. The van der Waals surface area contributed by atoms with E-state index in [1.807, 2.05) is 6.92 Å². The van der Waals surface area contributed by atoms with Gasteiger partial charge in [0.05, 0.1) is 11.4 Å². The van der Waals surface area contributed by atoms with Crippen molar-refractivity contribution in [3.8, 4) is 5.75 Å². The highest BCUT2D eigenvalue weighted by Gasteiger charge is 2.26. The number of phenolic OH excluding ortho intramolecular Hbond substituents is 1. The van der Waals surface area contributed by atoms with Gasteiger partial charge in [-0.05, 0) is 38.0 Å². The Morgan fingerprint density at radius 1 is 1.29 bits per heavy atom. The second-order valence-corrected chi connectivity index (χ2v) is 6.89. The second-order valence-electron chi connectivity index (χ2n) is 4.91. The zero-order chi connectivity index (χ0) is 15.9. The Morgan fingerprint density at radius 3 is 2.43 bits per heavy atom. The summed E-state index contributed by atoms with van der Waals surface area (Å²) in [4.78, 5) is -0.0924. The van der Waals surface area contributed by atoms with Crippen LogP contribution >= 0.6 is 11.6 Å². The number of phenols is 1. The smallest absolute Gasteiger partial charge is 0.266 e. The van der Waals surface area contributed by atoms with Gasteiger partial charge in [-0.15, -0.1) is 0 Å². The summed E-state index contributed by atoms with van der Waals surface area (Å²) in [6, 6.07) is 3.31. The number of hydrogen-bond donors (Lipinski definition) is 2. The Balaban J connectivity index is 2.52. The van der Waals surface area contributed by atoms with E-state index >= 15 is 0 Å². The van der Waals surface area contributed by atoms with Crippen LogP contribution in [0.4, 0.5) is 5.69 Å². The van der Waals surface area contributed by atoms with E-state index in [0.29, 0.717) is 11.3 Å². The lowest BCUT2D eigenvalue weighted by atomic mass is 10.1. The summed E-state index contributed by atoms with van der Waals surface area (Å²) < 4.78 is 28.6. The molecule has 1 heterocycles. The molecule has 0 aliphatic heterocycles. The lowest BCUT2D eigenvalue weighted by Crippen LogP contribution is -2.14. The molecule has 0 bridgehead atoms. The Hall–Kier alpha value is -1.73. The number of anilines is 1. The molecule has 114 valence electrons. The first kappa shape index (κ1) is 15.7. The third-order valence-electron chi connectivity index (χ3n) is 3.06. The SMILES string of the molecule is Cc1cc(C)c(O)c(NS(=O)(=O)c2c(C)nn(C)c2Cl)c1. The Kier molecular flexibility index (Phi) is 3.90. The van der Waals surface area contributed by atoms with Crippen LogP contribution < -0.4 is 4.72 Å². The minimum Gasteiger partial charge on any atom is -0.505 e. The van der Waals surface area contributed by atoms with Gasteiger partial charge < -0.3 is 5.11 Å². The highest BCUT2D eigenvalue weighted by Crippen LogP contribution is 2.32. The molecule has 21 heavy (non-hydrogen) atoms. The molecule has 2 rings (SSSR count). The standard InChI is InChI=1S/C13H16ClN3O3S/c1-7-5-8(2)11(18)10(6-7)16-21(19,20)12-9(3)15-17(4)13(12)14/h5-6,16,18H,1-4H3. The largest absolute Gasteiger partial charge is 0.505 e. The number of nitrogens with zero attached hydrogens (tertiary/aromatic N) is 2. The highest BCUT2D eigenvalue weighted by molar-refractivity contribution is 7.92. The first-order valence-corrected chi connectivity index (χ1v) is 8.01. The van der Waals surface area contributed by atoms with Gasteiger partial charge in [0.15, 0.2) is 0 Å². The number of sulfonamides is 1. The Bertz CT molecular complexity index is 813. The summed E-state index contributed by atoms with van der Waals surface area (Å²) in [7, 11) is -2.38. The number of rotatable bonds is 3. The summed E-state index contributed by atoms with van der Waals surface area (Å²) >= 11 is 5.99. The fraction of sp³-hybridized carbons (Fsp3) is 0.308. The molecule has 2 N–H and O–H groups in total. The van der Waals surface area contributed by atoms with Gasteiger partial charge in [-0.25, -0.2) is 8.42 Å². The maximum Gasteiger partial charge on any atom is 0.266 e. The van der Waals surface area contributed by atoms with E-state index in [-0.39, 0.29) is 21.5 Å². The van der Waals surface area contributed by atoms with E-state index in [9.17, 15) is 13.5 Å². The van der Waals surface area contributed by atoms with Crippen LogP contribution in [0.2, 0.25) is 5.15 Å². The van der Waals surface area contributed by atoms with Crippen molar-refractivity contribution in [1.29, 1.82) is 0 Å². The molecule has 2 aromatic rings. The Labute approximate surface area is 128 Å². The third-order valence-corrected chi connectivity index (χ3v) is 5.12. The fourth-order valence-corrected chi connectivity index (χ4v) is 3.96. The van der Waals surface area contributed by atoms with Crippen molar-refractivity contribution < 1.29 is 13.5 Å². The third kappa shape index (κ3) is 2.84. The summed E-state index contributed by atoms with van der Waals surface area (Å²) in [5.41, 5.74) is 1.82. The molecule has 0 aliphatic carbocycles. The molecule has 0 aliphatic rings. The van der Waals surface area contributed by atoms with Crippen LogP contribution in [-0.2, 0) is 17.1 Å². The number of hydrogen-bond acceptors (Lipinski definition) is 4. The van der Waals surface area contributed by atoms with Crippen LogP contribution in [0, 0.1) is 20.8 Å². The van der Waals surface area contributed by atoms with Crippen molar-refractivity contribution in [3.05, 3.63) is 34.1 Å². The molecule has 0 unspecified atom stereocenters. The molecule has 0 saturated carbocycles. The second kappa shape index (κ2) is 5.23. The van der Waals surface area contributed by atoms with Gasteiger partial charge in [-0.1, -0.05) is 17.7 Å². The number of aromatic hydroxyl groups is 1. The molecular weight excluding hydrogens is 314 g/mol. The number of halogens is 1.